The van der Waals surface area contributed by atoms with Gasteiger partial charge in [0.15, 0.2) is 0 Å². The highest BCUT2D eigenvalue weighted by atomic mass is 16.5. The number of hydrogen-bond donors (Lipinski definition) is 2. The summed E-state index contributed by atoms with van der Waals surface area (Å²) in [6.07, 6.45) is 5.14. The minimum atomic E-state index is -1.16. The number of aliphatic carboxylic acids is 1. The average molecular weight is 625 g/mol. The molecule has 0 unspecified atom stereocenters. The van der Waals surface area contributed by atoms with Crippen LogP contribution < -0.4 is 15.0 Å². The van der Waals surface area contributed by atoms with Crippen molar-refractivity contribution in [2.45, 2.75) is 58.6 Å². The lowest BCUT2D eigenvalue weighted by molar-refractivity contribution is -0.139. The van der Waals surface area contributed by atoms with Gasteiger partial charge in [0.2, 0.25) is 5.91 Å². The Hall–Kier alpha value is -5.12. The molecule has 1 aliphatic rings. The van der Waals surface area contributed by atoms with E-state index in [2.05, 4.69) is 23.3 Å². The summed E-state index contributed by atoms with van der Waals surface area (Å²) in [7, 11) is 1.76. The summed E-state index contributed by atoms with van der Waals surface area (Å²) in [4.78, 5) is 43.5. The minimum Gasteiger partial charge on any atom is -0.493 e. The van der Waals surface area contributed by atoms with Gasteiger partial charge in [-0.2, -0.15) is 0 Å². The van der Waals surface area contributed by atoms with Gasteiger partial charge in [0.05, 0.1) is 12.9 Å². The maximum absolute atomic E-state index is 13.3. The Labute approximate surface area is 269 Å². The molecule has 0 bridgehead atoms. The van der Waals surface area contributed by atoms with Gasteiger partial charge in [-0.3, -0.25) is 4.79 Å². The molecule has 5 rings (SSSR count). The van der Waals surface area contributed by atoms with Crippen LogP contribution in [0.4, 0.5) is 10.5 Å². The quantitative estimate of drug-likeness (QED) is 0.192. The first-order valence-corrected chi connectivity index (χ1v) is 15.5. The van der Waals surface area contributed by atoms with E-state index in [1.165, 1.54) is 5.56 Å². The van der Waals surface area contributed by atoms with Gasteiger partial charge in [0.25, 0.3) is 0 Å². The zero-order valence-corrected chi connectivity index (χ0v) is 26.5. The number of aryl methyl sites for hydroxylation is 2. The molecule has 1 aliphatic heterocycles. The van der Waals surface area contributed by atoms with Gasteiger partial charge in [-0.1, -0.05) is 42.5 Å². The smallest absolute Gasteiger partial charge is 0.408 e. The Morgan fingerprint density at radius 3 is 2.65 bits per heavy atom. The molecule has 0 radical (unpaired) electrons. The normalized spacial score (nSPS) is 13.1. The molecule has 2 heterocycles. The van der Waals surface area contributed by atoms with E-state index in [0.29, 0.717) is 31.7 Å². The molecule has 2 N–H and O–H groups in total. The number of nitrogens with zero attached hydrogens (tertiary/aromatic N) is 3. The van der Waals surface area contributed by atoms with Crippen molar-refractivity contribution in [2.24, 2.45) is 7.05 Å². The molecule has 0 saturated heterocycles. The van der Waals surface area contributed by atoms with Crippen LogP contribution in [0.1, 0.15) is 47.2 Å². The number of hydrogen-bond acceptors (Lipinski definition) is 6. The highest BCUT2D eigenvalue weighted by Crippen LogP contribution is 2.36. The van der Waals surface area contributed by atoms with E-state index in [0.717, 1.165) is 52.1 Å². The summed E-state index contributed by atoms with van der Waals surface area (Å²) in [5.41, 5.74) is 7.76. The molecule has 1 atom stereocenters. The van der Waals surface area contributed by atoms with Crippen molar-refractivity contribution in [1.29, 1.82) is 0 Å². The first-order valence-electron chi connectivity index (χ1n) is 15.5. The number of anilines is 1. The number of nitrogens with one attached hydrogen (secondary N) is 1. The molecule has 1 aromatic heterocycles. The Kier molecular flexibility index (Phi) is 10.4. The third-order valence-corrected chi connectivity index (χ3v) is 8.43. The zero-order valence-electron chi connectivity index (χ0n) is 26.5. The third kappa shape index (κ3) is 7.74. The van der Waals surface area contributed by atoms with Crippen molar-refractivity contribution in [3.8, 4) is 16.9 Å². The van der Waals surface area contributed by atoms with Crippen LogP contribution in [0.3, 0.4) is 0 Å². The van der Waals surface area contributed by atoms with E-state index in [1.54, 1.807) is 24.1 Å². The topological polar surface area (TPSA) is 123 Å². The maximum atomic E-state index is 13.3. The lowest BCUT2D eigenvalue weighted by Gasteiger charge is -2.31. The van der Waals surface area contributed by atoms with Crippen LogP contribution in [0.15, 0.2) is 73.2 Å². The molecule has 10 heteroatoms. The van der Waals surface area contributed by atoms with Crippen LogP contribution in [0.25, 0.3) is 11.1 Å². The molecule has 0 saturated carbocycles. The SMILES string of the molecule is Cc1cccc(OCCCC(=O)N2CCCc3c(-c4cccc(COC(=O)N[C@@H](Cc5cncn5C)C(=O)O)c4)cccc32)c1C. The summed E-state index contributed by atoms with van der Waals surface area (Å²) in [5, 5.41) is 12.0. The van der Waals surface area contributed by atoms with Crippen LogP contribution in [-0.4, -0.2) is 51.8 Å². The summed E-state index contributed by atoms with van der Waals surface area (Å²) in [6.45, 7) is 5.23. The fourth-order valence-electron chi connectivity index (χ4n) is 5.73. The number of imidazole rings is 1. The van der Waals surface area contributed by atoms with Gasteiger partial charge in [-0.25, -0.2) is 14.6 Å². The Balaban J connectivity index is 1.20. The van der Waals surface area contributed by atoms with E-state index in [1.807, 2.05) is 66.4 Å². The van der Waals surface area contributed by atoms with Gasteiger partial charge >= 0.3 is 12.1 Å². The Morgan fingerprint density at radius 2 is 1.87 bits per heavy atom. The first-order chi connectivity index (χ1) is 22.2. The monoisotopic (exact) mass is 624 g/mol. The van der Waals surface area contributed by atoms with E-state index in [9.17, 15) is 19.5 Å². The van der Waals surface area contributed by atoms with Crippen LogP contribution in [0.2, 0.25) is 0 Å². The van der Waals surface area contributed by atoms with Crippen molar-refractivity contribution in [3.63, 3.8) is 0 Å². The number of carboxylic acids is 1. The first kappa shape index (κ1) is 32.3. The predicted octanol–water partition coefficient (Wildman–Crippen LogP) is 5.76. The van der Waals surface area contributed by atoms with Gasteiger partial charge in [0, 0.05) is 44.0 Å². The number of carbonyl (C=O) groups is 3. The number of alkyl carbamates (subject to hydrolysis) is 1. The fraction of sp³-hybridized carbons (Fsp3) is 0.333. The molecular formula is C36H40N4O6. The van der Waals surface area contributed by atoms with E-state index in [-0.39, 0.29) is 18.9 Å². The molecule has 3 aromatic carbocycles. The second-order valence-corrected chi connectivity index (χ2v) is 11.6. The van der Waals surface area contributed by atoms with Gasteiger partial charge < -0.3 is 29.4 Å². The number of carbonyl (C=O) groups excluding carboxylic acids is 2. The number of fused-ring (bicyclic) bond motifs is 1. The van der Waals surface area contributed by atoms with Crippen molar-refractivity contribution in [2.75, 3.05) is 18.1 Å². The summed E-state index contributed by atoms with van der Waals surface area (Å²) in [5.74, 6) is -0.218. The van der Waals surface area contributed by atoms with Crippen molar-refractivity contribution in [1.82, 2.24) is 14.9 Å². The second-order valence-electron chi connectivity index (χ2n) is 11.6. The maximum Gasteiger partial charge on any atom is 0.408 e. The van der Waals surface area contributed by atoms with E-state index < -0.39 is 18.1 Å². The summed E-state index contributed by atoms with van der Waals surface area (Å²) in [6, 6.07) is 18.6. The number of ether oxygens (including phenoxy) is 2. The molecular weight excluding hydrogens is 584 g/mol. The molecule has 0 fully saturated rings. The van der Waals surface area contributed by atoms with Gasteiger partial charge in [0.1, 0.15) is 18.4 Å². The van der Waals surface area contributed by atoms with E-state index in [4.69, 9.17) is 9.47 Å². The van der Waals surface area contributed by atoms with Crippen LogP contribution >= 0.6 is 0 Å². The number of amides is 2. The molecule has 2 amide bonds. The Morgan fingerprint density at radius 1 is 1.07 bits per heavy atom. The van der Waals surface area contributed by atoms with Crippen LogP contribution in [0.5, 0.6) is 5.75 Å². The number of carboxylic acid groups (broad SMARTS) is 1. The van der Waals surface area contributed by atoms with Crippen LogP contribution in [-0.2, 0) is 40.8 Å². The van der Waals surface area contributed by atoms with Crippen molar-refractivity contribution < 1.29 is 29.0 Å². The number of aromatic nitrogens is 2. The third-order valence-electron chi connectivity index (χ3n) is 8.43. The molecule has 46 heavy (non-hydrogen) atoms. The standard InChI is InChI=1S/C36H40N4O6/c1-24-9-4-15-33(25(24)2)45-18-8-16-34(41)40-17-7-13-30-29(12-6-14-32(30)40)27-11-5-10-26(19-27)22-46-36(44)38-31(35(42)43)20-28-21-37-23-39(28)3/h4-6,9-12,14-15,19,21,23,31H,7-8,13,16-18,20,22H2,1-3H3,(H,38,44)(H,42,43)/t31-/m0/s1. The molecule has 0 spiro atoms. The average Bonchev–Trinajstić information content (AvgIpc) is 3.46. The van der Waals surface area contributed by atoms with Crippen molar-refractivity contribution in [3.05, 3.63) is 101 Å². The fourth-order valence-corrected chi connectivity index (χ4v) is 5.73. The second kappa shape index (κ2) is 14.8. The Bertz CT molecular complexity index is 1710. The number of benzene rings is 3. The minimum absolute atomic E-state index is 0.0263. The lowest BCUT2D eigenvalue weighted by Crippen LogP contribution is -2.42. The highest BCUT2D eigenvalue weighted by Gasteiger charge is 2.25. The lowest BCUT2D eigenvalue weighted by atomic mass is 9.91. The van der Waals surface area contributed by atoms with Gasteiger partial charge in [-0.15, -0.1) is 0 Å². The highest BCUT2D eigenvalue weighted by molar-refractivity contribution is 5.96. The van der Waals surface area contributed by atoms with Gasteiger partial charge in [-0.05, 0) is 84.7 Å². The van der Waals surface area contributed by atoms with Crippen LogP contribution in [0, 0.1) is 13.8 Å². The molecule has 0 aliphatic carbocycles. The molecule has 10 nitrogen and oxygen atoms in total. The van der Waals surface area contributed by atoms with Crippen molar-refractivity contribution >= 4 is 23.7 Å². The summed E-state index contributed by atoms with van der Waals surface area (Å²) >= 11 is 0. The van der Waals surface area contributed by atoms with E-state index >= 15 is 0 Å². The zero-order chi connectivity index (χ0) is 32.6. The molecule has 240 valence electrons. The summed E-state index contributed by atoms with van der Waals surface area (Å²) < 4.78 is 13.1. The predicted molar refractivity (Wildman–Crippen MR) is 175 cm³/mol. The largest absolute Gasteiger partial charge is 0.493 e. The number of rotatable bonds is 12. The molecule has 4 aromatic rings.